The average molecular weight is 496 g/mol. The van der Waals surface area contributed by atoms with Gasteiger partial charge in [0.1, 0.15) is 0 Å². The van der Waals surface area contributed by atoms with Crippen molar-refractivity contribution >= 4 is 57.5 Å². The zero-order valence-corrected chi connectivity index (χ0v) is 19.8. The molecule has 0 aliphatic heterocycles. The summed E-state index contributed by atoms with van der Waals surface area (Å²) >= 11 is 13.5. The Labute approximate surface area is 204 Å². The van der Waals surface area contributed by atoms with Crippen molar-refractivity contribution < 1.29 is 4.79 Å². The maximum absolute atomic E-state index is 13.3. The third-order valence-corrected chi connectivity index (χ3v) is 7.34. The molecule has 166 valence electrons. The second-order valence-electron chi connectivity index (χ2n) is 7.78. The Hall–Kier alpha value is -2.80. The standard InChI is InChI=1S/C25H19Cl2N3O2S/c26-19-12-11-16(13-20(19)27)30-24(32)18-7-1-2-9-22(18)29-25(30)33-14-23(31)28-21-10-4-6-15-5-3-8-17(15)21/h1-2,4,6-7,9-13H,3,5,8,14H2,(H,28,31). The summed E-state index contributed by atoms with van der Waals surface area (Å²) < 4.78 is 1.47. The van der Waals surface area contributed by atoms with Gasteiger partial charge in [-0.1, -0.05) is 59.2 Å². The van der Waals surface area contributed by atoms with Crippen LogP contribution in [0.3, 0.4) is 0 Å². The van der Waals surface area contributed by atoms with E-state index in [4.69, 9.17) is 23.2 Å². The number of anilines is 1. The van der Waals surface area contributed by atoms with Gasteiger partial charge in [0.05, 0.1) is 32.4 Å². The molecule has 5 nitrogen and oxygen atoms in total. The van der Waals surface area contributed by atoms with Crippen molar-refractivity contribution in [1.29, 1.82) is 0 Å². The molecule has 4 aromatic rings. The lowest BCUT2D eigenvalue weighted by Gasteiger charge is -2.14. The number of hydrogen-bond acceptors (Lipinski definition) is 4. The topological polar surface area (TPSA) is 64.0 Å². The molecule has 0 saturated heterocycles. The summed E-state index contributed by atoms with van der Waals surface area (Å²) in [6, 6.07) is 18.1. The first-order valence-electron chi connectivity index (χ1n) is 10.5. The summed E-state index contributed by atoms with van der Waals surface area (Å²) in [7, 11) is 0. The number of benzene rings is 3. The first-order chi connectivity index (χ1) is 16.0. The third-order valence-electron chi connectivity index (χ3n) is 5.66. The summed E-state index contributed by atoms with van der Waals surface area (Å²) in [6.45, 7) is 0. The number of aryl methyl sites for hydroxylation is 1. The van der Waals surface area contributed by atoms with Crippen LogP contribution < -0.4 is 10.9 Å². The molecule has 1 N–H and O–H groups in total. The van der Waals surface area contributed by atoms with Crippen LogP contribution in [0.1, 0.15) is 17.5 Å². The number of carbonyl (C=O) groups excluding carboxylic acids is 1. The molecule has 1 aliphatic carbocycles. The molecule has 0 radical (unpaired) electrons. The number of halogens is 2. The minimum absolute atomic E-state index is 0.107. The highest BCUT2D eigenvalue weighted by molar-refractivity contribution is 7.99. The number of nitrogens with zero attached hydrogens (tertiary/aromatic N) is 2. The highest BCUT2D eigenvalue weighted by Crippen LogP contribution is 2.30. The largest absolute Gasteiger partial charge is 0.325 e. The molecule has 0 saturated carbocycles. The molecule has 0 fully saturated rings. The highest BCUT2D eigenvalue weighted by Gasteiger charge is 2.18. The number of aromatic nitrogens is 2. The fourth-order valence-electron chi connectivity index (χ4n) is 4.11. The Morgan fingerprint density at radius 1 is 1.03 bits per heavy atom. The molecule has 5 rings (SSSR count). The van der Waals surface area contributed by atoms with Gasteiger partial charge in [-0.25, -0.2) is 4.98 Å². The van der Waals surface area contributed by atoms with E-state index >= 15 is 0 Å². The van der Waals surface area contributed by atoms with Crippen molar-refractivity contribution in [2.45, 2.75) is 24.4 Å². The lowest BCUT2D eigenvalue weighted by molar-refractivity contribution is -0.113. The molecular weight excluding hydrogens is 477 g/mol. The minimum atomic E-state index is -0.234. The van der Waals surface area contributed by atoms with Crippen molar-refractivity contribution in [3.8, 4) is 5.69 Å². The van der Waals surface area contributed by atoms with E-state index in [1.807, 2.05) is 18.2 Å². The Kier molecular flexibility index (Phi) is 6.15. The molecule has 1 heterocycles. The summed E-state index contributed by atoms with van der Waals surface area (Å²) in [6.07, 6.45) is 3.13. The van der Waals surface area contributed by atoms with E-state index in [2.05, 4.69) is 16.4 Å². The third kappa shape index (κ3) is 4.38. The van der Waals surface area contributed by atoms with Crippen LogP contribution in [0.2, 0.25) is 10.0 Å². The number of para-hydroxylation sites is 1. The predicted molar refractivity (Wildman–Crippen MR) is 135 cm³/mol. The van der Waals surface area contributed by atoms with Crippen LogP contribution in [0.5, 0.6) is 0 Å². The van der Waals surface area contributed by atoms with Crippen molar-refractivity contribution in [2.75, 3.05) is 11.1 Å². The smallest absolute Gasteiger partial charge is 0.266 e. The van der Waals surface area contributed by atoms with Gasteiger partial charge in [0.15, 0.2) is 5.16 Å². The number of nitrogens with one attached hydrogen (secondary N) is 1. The second-order valence-corrected chi connectivity index (χ2v) is 9.54. The molecule has 8 heteroatoms. The van der Waals surface area contributed by atoms with Crippen LogP contribution in [0.15, 0.2) is 70.6 Å². The highest BCUT2D eigenvalue weighted by atomic mass is 35.5. The van der Waals surface area contributed by atoms with E-state index in [-0.39, 0.29) is 17.2 Å². The fraction of sp³-hybridized carbons (Fsp3) is 0.160. The lowest BCUT2D eigenvalue weighted by atomic mass is 10.1. The molecule has 0 unspecified atom stereocenters. The summed E-state index contributed by atoms with van der Waals surface area (Å²) in [5.41, 5.74) is 4.25. The van der Waals surface area contributed by atoms with E-state index in [1.54, 1.807) is 36.4 Å². The number of hydrogen-bond donors (Lipinski definition) is 1. The van der Waals surface area contributed by atoms with Gasteiger partial charge in [-0.3, -0.25) is 14.2 Å². The van der Waals surface area contributed by atoms with Gasteiger partial charge in [-0.15, -0.1) is 0 Å². The first kappa shape index (κ1) is 22.0. The van der Waals surface area contributed by atoms with Crippen LogP contribution >= 0.6 is 35.0 Å². The summed E-state index contributed by atoms with van der Waals surface area (Å²) in [4.78, 5) is 30.8. The normalized spacial score (nSPS) is 12.7. The molecule has 33 heavy (non-hydrogen) atoms. The van der Waals surface area contributed by atoms with Crippen molar-refractivity contribution in [3.63, 3.8) is 0 Å². The molecule has 1 aliphatic rings. The molecule has 1 amide bonds. The fourth-order valence-corrected chi connectivity index (χ4v) is 5.22. The number of thioether (sulfide) groups is 1. The quantitative estimate of drug-likeness (QED) is 0.276. The van der Waals surface area contributed by atoms with E-state index in [9.17, 15) is 9.59 Å². The van der Waals surface area contributed by atoms with E-state index < -0.39 is 0 Å². The van der Waals surface area contributed by atoms with Gasteiger partial charge in [-0.2, -0.15) is 0 Å². The van der Waals surface area contributed by atoms with Gasteiger partial charge >= 0.3 is 0 Å². The number of rotatable bonds is 5. The lowest BCUT2D eigenvalue weighted by Crippen LogP contribution is -2.23. The zero-order chi connectivity index (χ0) is 22.9. The van der Waals surface area contributed by atoms with Crippen LogP contribution in [-0.4, -0.2) is 21.2 Å². The second kappa shape index (κ2) is 9.21. The van der Waals surface area contributed by atoms with E-state index in [1.165, 1.54) is 27.5 Å². The van der Waals surface area contributed by atoms with Crippen LogP contribution in [0.4, 0.5) is 5.69 Å². The van der Waals surface area contributed by atoms with Crippen molar-refractivity contribution in [3.05, 3.63) is 92.2 Å². The van der Waals surface area contributed by atoms with Gasteiger partial charge in [0.2, 0.25) is 5.91 Å². The minimum Gasteiger partial charge on any atom is -0.325 e. The Morgan fingerprint density at radius 3 is 2.73 bits per heavy atom. The Morgan fingerprint density at radius 2 is 1.88 bits per heavy atom. The maximum atomic E-state index is 13.3. The summed E-state index contributed by atoms with van der Waals surface area (Å²) in [5.74, 6) is -0.0427. The molecular formula is C25H19Cl2N3O2S. The SMILES string of the molecule is O=C(CSc1nc2ccccc2c(=O)n1-c1ccc(Cl)c(Cl)c1)Nc1cccc2c1CCC2. The van der Waals surface area contributed by atoms with E-state index in [0.29, 0.717) is 31.8 Å². The van der Waals surface area contributed by atoms with Crippen LogP contribution in [0.25, 0.3) is 16.6 Å². The van der Waals surface area contributed by atoms with Crippen LogP contribution in [-0.2, 0) is 17.6 Å². The average Bonchev–Trinajstić information content (AvgIpc) is 3.30. The predicted octanol–water partition coefficient (Wildman–Crippen LogP) is 5.91. The summed E-state index contributed by atoms with van der Waals surface area (Å²) in [5, 5.41) is 4.65. The van der Waals surface area contributed by atoms with Gasteiger partial charge in [0.25, 0.3) is 5.56 Å². The number of carbonyl (C=O) groups is 1. The Bertz CT molecular complexity index is 1450. The maximum Gasteiger partial charge on any atom is 0.266 e. The molecule has 0 bridgehead atoms. The number of fused-ring (bicyclic) bond motifs is 2. The Balaban J connectivity index is 1.47. The molecule has 0 atom stereocenters. The van der Waals surface area contributed by atoms with Crippen molar-refractivity contribution in [2.24, 2.45) is 0 Å². The molecule has 1 aromatic heterocycles. The molecule has 0 spiro atoms. The number of amides is 1. The van der Waals surface area contributed by atoms with E-state index in [0.717, 1.165) is 24.9 Å². The first-order valence-corrected chi connectivity index (χ1v) is 12.3. The van der Waals surface area contributed by atoms with Crippen LogP contribution in [0, 0.1) is 0 Å². The van der Waals surface area contributed by atoms with Gasteiger partial charge in [-0.05, 0) is 66.8 Å². The zero-order valence-electron chi connectivity index (χ0n) is 17.5. The van der Waals surface area contributed by atoms with Gasteiger partial charge < -0.3 is 5.32 Å². The van der Waals surface area contributed by atoms with Crippen molar-refractivity contribution in [1.82, 2.24) is 9.55 Å². The van der Waals surface area contributed by atoms with Gasteiger partial charge in [0, 0.05) is 5.69 Å². The monoisotopic (exact) mass is 495 g/mol. The molecule has 3 aromatic carbocycles.